The van der Waals surface area contributed by atoms with Crippen molar-refractivity contribution >= 4 is 18.0 Å². The van der Waals surface area contributed by atoms with Crippen molar-refractivity contribution in [2.24, 2.45) is 0 Å². The first-order valence-corrected chi connectivity index (χ1v) is 11.6. The van der Waals surface area contributed by atoms with Crippen molar-refractivity contribution in [3.8, 4) is 5.75 Å². The molecule has 0 saturated carbocycles. The van der Waals surface area contributed by atoms with Gasteiger partial charge in [0.2, 0.25) is 5.91 Å². The maximum atomic E-state index is 13.2. The third kappa shape index (κ3) is 6.85. The van der Waals surface area contributed by atoms with E-state index in [4.69, 9.17) is 4.74 Å². The summed E-state index contributed by atoms with van der Waals surface area (Å²) in [6.45, 7) is 20.3. The molecule has 0 unspecified atom stereocenters. The van der Waals surface area contributed by atoms with Crippen molar-refractivity contribution in [2.45, 2.75) is 98.4 Å². The van der Waals surface area contributed by atoms with E-state index in [1.165, 1.54) is 6.08 Å². The number of esters is 1. The van der Waals surface area contributed by atoms with Gasteiger partial charge in [0.25, 0.3) is 0 Å². The third-order valence-electron chi connectivity index (χ3n) is 5.62. The number of carbonyl (C=O) groups is 2. The van der Waals surface area contributed by atoms with Crippen molar-refractivity contribution in [3.05, 3.63) is 34.9 Å². The van der Waals surface area contributed by atoms with Crippen molar-refractivity contribution < 1.29 is 19.4 Å². The average Bonchev–Trinajstić information content (AvgIpc) is 2.65. The first-order valence-electron chi connectivity index (χ1n) is 11.6. The van der Waals surface area contributed by atoms with Gasteiger partial charge in [0, 0.05) is 23.7 Å². The number of unbranched alkanes of at least 4 members (excludes halogenated alkanes) is 1. The van der Waals surface area contributed by atoms with Gasteiger partial charge in [0.15, 0.2) is 0 Å². The topological polar surface area (TPSA) is 66.8 Å². The maximum Gasteiger partial charge on any atom is 0.331 e. The molecule has 0 bridgehead atoms. The van der Waals surface area contributed by atoms with Crippen LogP contribution in [-0.2, 0) is 25.2 Å². The van der Waals surface area contributed by atoms with Crippen molar-refractivity contribution in [2.75, 3.05) is 13.2 Å². The predicted octanol–water partition coefficient (Wildman–Crippen LogP) is 5.97. The molecule has 5 heteroatoms. The molecule has 0 heterocycles. The van der Waals surface area contributed by atoms with Crippen LogP contribution in [0.5, 0.6) is 5.75 Å². The molecule has 1 N–H and O–H groups in total. The summed E-state index contributed by atoms with van der Waals surface area (Å²) in [6, 6.07) is 3.86. The lowest BCUT2D eigenvalue weighted by atomic mass is 9.78. The van der Waals surface area contributed by atoms with Gasteiger partial charge in [0.1, 0.15) is 11.3 Å². The van der Waals surface area contributed by atoms with Crippen LogP contribution in [0.1, 0.15) is 98.8 Å². The molecule has 0 aliphatic rings. The fourth-order valence-electron chi connectivity index (χ4n) is 3.55. The summed E-state index contributed by atoms with van der Waals surface area (Å²) >= 11 is 0. The van der Waals surface area contributed by atoms with Crippen LogP contribution >= 0.6 is 0 Å². The zero-order valence-corrected chi connectivity index (χ0v) is 21.8. The highest BCUT2D eigenvalue weighted by molar-refractivity contribution is 5.96. The summed E-state index contributed by atoms with van der Waals surface area (Å²) in [5.41, 5.74) is 0.955. The molecular formula is C27H43NO4. The molecule has 0 radical (unpaired) electrons. The molecule has 180 valence electrons. The van der Waals surface area contributed by atoms with Crippen molar-refractivity contribution in [1.29, 1.82) is 0 Å². The van der Waals surface area contributed by atoms with E-state index >= 15 is 0 Å². The Labute approximate surface area is 194 Å². The maximum absolute atomic E-state index is 13.2. The van der Waals surface area contributed by atoms with Gasteiger partial charge < -0.3 is 14.7 Å². The second-order valence-electron chi connectivity index (χ2n) is 10.9. The van der Waals surface area contributed by atoms with Gasteiger partial charge in [-0.15, -0.1) is 0 Å². The van der Waals surface area contributed by atoms with Crippen LogP contribution < -0.4 is 0 Å². The quantitative estimate of drug-likeness (QED) is 0.395. The molecule has 0 aliphatic heterocycles. The van der Waals surface area contributed by atoms with E-state index in [-0.39, 0.29) is 23.3 Å². The van der Waals surface area contributed by atoms with Crippen LogP contribution in [0.3, 0.4) is 0 Å². The lowest BCUT2D eigenvalue weighted by molar-refractivity contribution is -0.160. The zero-order valence-electron chi connectivity index (χ0n) is 21.8. The summed E-state index contributed by atoms with van der Waals surface area (Å²) in [5, 5.41) is 10.9. The van der Waals surface area contributed by atoms with E-state index in [9.17, 15) is 14.7 Å². The summed E-state index contributed by atoms with van der Waals surface area (Å²) in [4.78, 5) is 27.3. The largest absolute Gasteiger partial charge is 0.507 e. The molecule has 0 saturated heterocycles. The van der Waals surface area contributed by atoms with E-state index in [0.717, 1.165) is 29.5 Å². The van der Waals surface area contributed by atoms with Gasteiger partial charge in [-0.1, -0.05) is 54.9 Å². The number of hydrogen-bond donors (Lipinski definition) is 1. The van der Waals surface area contributed by atoms with Crippen LogP contribution in [0, 0.1) is 0 Å². The highest BCUT2D eigenvalue weighted by Crippen LogP contribution is 2.40. The minimum atomic E-state index is -1.06. The first-order chi connectivity index (χ1) is 14.6. The highest BCUT2D eigenvalue weighted by Gasteiger charge is 2.38. The number of phenolic OH excluding ortho intramolecular Hbond substituents is 1. The van der Waals surface area contributed by atoms with Crippen LogP contribution in [0.4, 0.5) is 0 Å². The zero-order chi connectivity index (χ0) is 24.9. The second-order valence-corrected chi connectivity index (χ2v) is 10.9. The summed E-state index contributed by atoms with van der Waals surface area (Å²) in [7, 11) is 0. The highest BCUT2D eigenvalue weighted by atomic mass is 16.5. The Kier molecular flexibility index (Phi) is 9.14. The number of amides is 1. The van der Waals surface area contributed by atoms with E-state index in [2.05, 4.69) is 41.5 Å². The van der Waals surface area contributed by atoms with E-state index in [0.29, 0.717) is 12.3 Å². The monoisotopic (exact) mass is 445 g/mol. The summed E-state index contributed by atoms with van der Waals surface area (Å²) < 4.78 is 5.22. The summed E-state index contributed by atoms with van der Waals surface area (Å²) in [5.74, 6) is -0.340. The van der Waals surface area contributed by atoms with Crippen molar-refractivity contribution in [1.82, 2.24) is 4.90 Å². The first kappa shape index (κ1) is 27.7. The minimum absolute atomic E-state index is 0.237. The number of aromatic hydroxyl groups is 1. The number of benzene rings is 1. The normalized spacial score (nSPS) is 12.8. The van der Waals surface area contributed by atoms with Gasteiger partial charge in [-0.3, -0.25) is 4.79 Å². The molecule has 0 spiro atoms. The number of ether oxygens (including phenoxy) is 1. The van der Waals surface area contributed by atoms with Crippen LogP contribution in [0.2, 0.25) is 0 Å². The Morgan fingerprint density at radius 1 is 0.969 bits per heavy atom. The van der Waals surface area contributed by atoms with E-state index < -0.39 is 11.5 Å². The number of phenols is 1. The molecule has 5 nitrogen and oxygen atoms in total. The Balaban J connectivity index is 3.41. The third-order valence-corrected chi connectivity index (χ3v) is 5.62. The Morgan fingerprint density at radius 3 is 1.88 bits per heavy atom. The molecular weight excluding hydrogens is 402 g/mol. The van der Waals surface area contributed by atoms with Gasteiger partial charge in [-0.05, 0) is 61.8 Å². The number of rotatable bonds is 8. The Morgan fingerprint density at radius 2 is 1.47 bits per heavy atom. The SMILES string of the molecule is CCCCN(C(=O)/C=C/c1cc(C(C)(C)C)c(O)c(C(C)(C)C)c1)C(C)(C)C(=O)OCC. The predicted molar refractivity (Wildman–Crippen MR) is 132 cm³/mol. The molecule has 1 aromatic rings. The molecule has 1 aromatic carbocycles. The van der Waals surface area contributed by atoms with Crippen LogP contribution in [0.25, 0.3) is 6.08 Å². The average molecular weight is 446 g/mol. The van der Waals surface area contributed by atoms with Gasteiger partial charge in [-0.2, -0.15) is 0 Å². The number of carbonyl (C=O) groups excluding carboxylic acids is 2. The smallest absolute Gasteiger partial charge is 0.331 e. The number of nitrogens with zero attached hydrogens (tertiary/aromatic N) is 1. The minimum Gasteiger partial charge on any atom is -0.507 e. The van der Waals surface area contributed by atoms with E-state index in [1.807, 2.05) is 19.1 Å². The standard InChI is InChI=1S/C27H43NO4/c1-11-13-16-28(27(9,10)24(31)32-12-2)22(29)15-14-19-17-20(25(3,4)5)23(30)21(18-19)26(6,7)8/h14-15,17-18,30H,11-13,16H2,1-10H3/b15-14+. The Hall–Kier alpha value is -2.30. The molecule has 1 amide bonds. The lowest BCUT2D eigenvalue weighted by Gasteiger charge is -2.35. The van der Waals surface area contributed by atoms with Gasteiger partial charge in [-0.25, -0.2) is 4.79 Å². The second kappa shape index (κ2) is 10.5. The van der Waals surface area contributed by atoms with Gasteiger partial charge >= 0.3 is 5.97 Å². The van der Waals surface area contributed by atoms with E-state index in [1.54, 1.807) is 31.7 Å². The summed E-state index contributed by atoms with van der Waals surface area (Å²) in [6.07, 6.45) is 4.99. The van der Waals surface area contributed by atoms with Gasteiger partial charge in [0.05, 0.1) is 6.61 Å². The van der Waals surface area contributed by atoms with Crippen molar-refractivity contribution in [3.63, 3.8) is 0 Å². The van der Waals surface area contributed by atoms with Crippen LogP contribution in [-0.4, -0.2) is 40.6 Å². The molecule has 0 fully saturated rings. The fraction of sp³-hybridized carbons (Fsp3) is 0.630. The molecule has 0 aromatic heterocycles. The molecule has 32 heavy (non-hydrogen) atoms. The number of hydrogen-bond acceptors (Lipinski definition) is 4. The lowest BCUT2D eigenvalue weighted by Crippen LogP contribution is -2.53. The van der Waals surface area contributed by atoms with Crippen LogP contribution in [0.15, 0.2) is 18.2 Å². The fourth-order valence-corrected chi connectivity index (χ4v) is 3.55. The molecule has 0 atom stereocenters. The molecule has 0 aliphatic carbocycles. The Bertz CT molecular complexity index is 803. The molecule has 1 rings (SSSR count).